The summed E-state index contributed by atoms with van der Waals surface area (Å²) in [5.41, 5.74) is 0.234. The molecular weight excluding hydrogens is 286 g/mol. The van der Waals surface area contributed by atoms with Gasteiger partial charge in [0.25, 0.3) is 0 Å². The van der Waals surface area contributed by atoms with Gasteiger partial charge in [0.15, 0.2) is 0 Å². The normalized spacial score (nSPS) is 19.4. The summed E-state index contributed by atoms with van der Waals surface area (Å²) in [6.45, 7) is 8.41. The Kier molecular flexibility index (Phi) is 4.88. The van der Waals surface area contributed by atoms with Crippen molar-refractivity contribution in [2.45, 2.75) is 44.9 Å². The first-order chi connectivity index (χ1) is 9.85. The number of aromatic nitrogens is 1. The maximum Gasteiger partial charge on any atom is 0.243 e. The molecule has 0 atom stereocenters. The molecule has 1 aliphatic heterocycles. The molecule has 5 nitrogen and oxygen atoms in total. The Morgan fingerprint density at radius 2 is 2.00 bits per heavy atom. The number of anilines is 1. The van der Waals surface area contributed by atoms with Crippen molar-refractivity contribution in [1.29, 1.82) is 0 Å². The molecular formula is C15H25N3O2S. The molecule has 0 saturated carbocycles. The molecule has 1 aromatic heterocycles. The number of pyridine rings is 1. The monoisotopic (exact) mass is 311 g/mol. The van der Waals surface area contributed by atoms with Gasteiger partial charge >= 0.3 is 0 Å². The fraction of sp³-hybridized carbons (Fsp3) is 0.667. The molecule has 1 aliphatic rings. The van der Waals surface area contributed by atoms with Crippen LogP contribution in [0.1, 0.15) is 40.0 Å². The number of nitrogens with one attached hydrogen (secondary N) is 1. The van der Waals surface area contributed by atoms with Crippen LogP contribution in [0, 0.1) is 5.41 Å². The predicted octanol–water partition coefficient (Wildman–Crippen LogP) is 2.71. The second kappa shape index (κ2) is 6.32. The van der Waals surface area contributed by atoms with Gasteiger partial charge in [-0.25, -0.2) is 13.4 Å². The van der Waals surface area contributed by atoms with E-state index in [2.05, 4.69) is 31.1 Å². The summed E-state index contributed by atoms with van der Waals surface area (Å²) in [5, 5.41) is 3.13. The molecule has 1 aromatic rings. The summed E-state index contributed by atoms with van der Waals surface area (Å²) in [6, 6.07) is 3.21. The number of piperidine rings is 1. The summed E-state index contributed by atoms with van der Waals surface area (Å²) in [5.74, 6) is 0.621. The lowest BCUT2D eigenvalue weighted by molar-refractivity contribution is 0.196. The van der Waals surface area contributed by atoms with Crippen molar-refractivity contribution in [1.82, 2.24) is 9.29 Å². The number of nitrogens with zero attached hydrogens (tertiary/aromatic N) is 2. The van der Waals surface area contributed by atoms with Crippen molar-refractivity contribution in [3.8, 4) is 0 Å². The first-order valence-corrected chi connectivity index (χ1v) is 8.99. The fourth-order valence-electron chi connectivity index (χ4n) is 2.40. The lowest BCUT2D eigenvalue weighted by Gasteiger charge is -2.36. The lowest BCUT2D eigenvalue weighted by atomic mass is 9.83. The second-order valence-corrected chi connectivity index (χ2v) is 8.31. The van der Waals surface area contributed by atoms with Gasteiger partial charge in [-0.15, -0.1) is 0 Å². The maximum absolute atomic E-state index is 12.7. The van der Waals surface area contributed by atoms with Crippen molar-refractivity contribution in [3.05, 3.63) is 18.3 Å². The van der Waals surface area contributed by atoms with Gasteiger partial charge in [0.05, 0.1) is 4.90 Å². The predicted molar refractivity (Wildman–Crippen MR) is 84.8 cm³/mol. The zero-order chi connectivity index (χ0) is 15.5. The number of sulfonamides is 1. The van der Waals surface area contributed by atoms with E-state index in [-0.39, 0.29) is 5.41 Å². The smallest absolute Gasteiger partial charge is 0.243 e. The Balaban J connectivity index is 2.16. The van der Waals surface area contributed by atoms with Crippen LogP contribution >= 0.6 is 0 Å². The van der Waals surface area contributed by atoms with E-state index >= 15 is 0 Å². The number of hydrogen-bond donors (Lipinski definition) is 1. The average molecular weight is 311 g/mol. The summed E-state index contributed by atoms with van der Waals surface area (Å²) in [7, 11) is -3.41. The molecule has 0 bridgehead atoms. The first kappa shape index (κ1) is 16.2. The first-order valence-electron chi connectivity index (χ1n) is 7.55. The van der Waals surface area contributed by atoms with Crippen LogP contribution < -0.4 is 5.32 Å². The van der Waals surface area contributed by atoms with Crippen LogP contribution in [-0.2, 0) is 10.0 Å². The quantitative estimate of drug-likeness (QED) is 0.908. The van der Waals surface area contributed by atoms with Crippen LogP contribution in [0.3, 0.4) is 0 Å². The Labute approximate surface area is 127 Å². The van der Waals surface area contributed by atoms with Gasteiger partial charge in [0.2, 0.25) is 10.0 Å². The Morgan fingerprint density at radius 1 is 1.33 bits per heavy atom. The zero-order valence-corrected chi connectivity index (χ0v) is 13.9. The van der Waals surface area contributed by atoms with Gasteiger partial charge in [0, 0.05) is 31.9 Å². The number of rotatable bonds is 5. The highest BCUT2D eigenvalue weighted by Gasteiger charge is 2.32. The Hall–Kier alpha value is -1.14. The van der Waals surface area contributed by atoms with Gasteiger partial charge in [-0.3, -0.25) is 0 Å². The topological polar surface area (TPSA) is 62.3 Å². The van der Waals surface area contributed by atoms with Crippen LogP contribution in [0.15, 0.2) is 23.2 Å². The summed E-state index contributed by atoms with van der Waals surface area (Å²) < 4.78 is 27.0. The van der Waals surface area contributed by atoms with Crippen molar-refractivity contribution in [2.75, 3.05) is 25.0 Å². The minimum Gasteiger partial charge on any atom is -0.370 e. The van der Waals surface area contributed by atoms with Gasteiger partial charge in [-0.1, -0.05) is 20.8 Å². The second-order valence-electron chi connectivity index (χ2n) is 6.37. The van der Waals surface area contributed by atoms with E-state index in [0.717, 1.165) is 25.8 Å². The SMILES string of the molecule is CCCNc1cc(S(=O)(=O)N2CCC(C)(C)CC2)ccn1. The molecule has 118 valence electrons. The van der Waals surface area contributed by atoms with Gasteiger partial charge in [0.1, 0.15) is 5.82 Å². The molecule has 1 saturated heterocycles. The van der Waals surface area contributed by atoms with E-state index in [1.54, 1.807) is 22.6 Å². The van der Waals surface area contributed by atoms with Gasteiger partial charge in [-0.05, 0) is 30.7 Å². The largest absolute Gasteiger partial charge is 0.370 e. The summed E-state index contributed by atoms with van der Waals surface area (Å²) in [4.78, 5) is 4.49. The standard InChI is InChI=1S/C15H25N3O2S/c1-4-8-16-14-12-13(5-9-17-14)21(19,20)18-10-6-15(2,3)7-11-18/h5,9,12H,4,6-8,10-11H2,1-3H3,(H,16,17). The van der Waals surface area contributed by atoms with Gasteiger partial charge in [-0.2, -0.15) is 4.31 Å². The minimum absolute atomic E-state index is 0.234. The highest BCUT2D eigenvalue weighted by atomic mass is 32.2. The van der Waals surface area contributed by atoms with E-state index in [4.69, 9.17) is 0 Å². The molecule has 0 spiro atoms. The Bertz CT molecular complexity index is 574. The molecule has 0 unspecified atom stereocenters. The zero-order valence-electron chi connectivity index (χ0n) is 13.1. The third kappa shape index (κ3) is 3.95. The highest BCUT2D eigenvalue weighted by molar-refractivity contribution is 7.89. The van der Waals surface area contributed by atoms with E-state index in [1.165, 1.54) is 0 Å². The van der Waals surface area contributed by atoms with Crippen LogP contribution in [0.4, 0.5) is 5.82 Å². The van der Waals surface area contributed by atoms with Crippen molar-refractivity contribution in [2.24, 2.45) is 5.41 Å². The van der Waals surface area contributed by atoms with E-state index in [0.29, 0.717) is 23.8 Å². The summed E-state index contributed by atoms with van der Waals surface area (Å²) in [6.07, 6.45) is 4.33. The molecule has 0 aliphatic carbocycles. The van der Waals surface area contributed by atoms with Crippen molar-refractivity contribution in [3.63, 3.8) is 0 Å². The number of hydrogen-bond acceptors (Lipinski definition) is 4. The molecule has 1 N–H and O–H groups in total. The third-order valence-corrected chi connectivity index (χ3v) is 5.90. The maximum atomic E-state index is 12.7. The van der Waals surface area contributed by atoms with Crippen molar-refractivity contribution >= 4 is 15.8 Å². The molecule has 2 heterocycles. The minimum atomic E-state index is -3.41. The van der Waals surface area contributed by atoms with E-state index in [9.17, 15) is 8.42 Å². The molecule has 6 heteroatoms. The van der Waals surface area contributed by atoms with Crippen LogP contribution in [-0.4, -0.2) is 37.3 Å². The van der Waals surface area contributed by atoms with E-state index < -0.39 is 10.0 Å². The fourth-order valence-corrected chi connectivity index (χ4v) is 3.86. The Morgan fingerprint density at radius 3 is 2.62 bits per heavy atom. The van der Waals surface area contributed by atoms with E-state index in [1.807, 2.05) is 0 Å². The lowest BCUT2D eigenvalue weighted by Crippen LogP contribution is -2.41. The highest BCUT2D eigenvalue weighted by Crippen LogP contribution is 2.32. The molecule has 0 radical (unpaired) electrons. The van der Waals surface area contributed by atoms with Crippen molar-refractivity contribution < 1.29 is 8.42 Å². The molecule has 0 amide bonds. The molecule has 2 rings (SSSR count). The summed E-state index contributed by atoms with van der Waals surface area (Å²) >= 11 is 0. The van der Waals surface area contributed by atoms with Crippen LogP contribution in [0.2, 0.25) is 0 Å². The molecule has 0 aromatic carbocycles. The third-order valence-electron chi connectivity index (χ3n) is 4.00. The van der Waals surface area contributed by atoms with Gasteiger partial charge < -0.3 is 5.32 Å². The molecule has 1 fully saturated rings. The molecule has 21 heavy (non-hydrogen) atoms. The average Bonchev–Trinajstić information content (AvgIpc) is 2.45. The van der Waals surface area contributed by atoms with Crippen LogP contribution in [0.25, 0.3) is 0 Å². The van der Waals surface area contributed by atoms with Crippen LogP contribution in [0.5, 0.6) is 0 Å².